The molecule has 0 aromatic rings. The highest BCUT2D eigenvalue weighted by Crippen LogP contribution is 2.28. The summed E-state index contributed by atoms with van der Waals surface area (Å²) in [6.45, 7) is 7.98. The van der Waals surface area contributed by atoms with Crippen LogP contribution < -0.4 is 16.0 Å². The van der Waals surface area contributed by atoms with E-state index in [1.807, 2.05) is 50.3 Å². The molecule has 3 N–H and O–H groups in total. The van der Waals surface area contributed by atoms with Crippen molar-refractivity contribution >= 4 is 29.7 Å². The van der Waals surface area contributed by atoms with E-state index >= 15 is 0 Å². The monoisotopic (exact) mass is 608 g/mol. The maximum absolute atomic E-state index is 14.2. The van der Waals surface area contributed by atoms with Crippen molar-refractivity contribution in [3.8, 4) is 0 Å². The summed E-state index contributed by atoms with van der Waals surface area (Å²) in [5.41, 5.74) is 1.62. The molecule has 3 aliphatic rings. The van der Waals surface area contributed by atoms with E-state index < -0.39 is 36.0 Å². The summed E-state index contributed by atoms with van der Waals surface area (Å²) in [4.78, 5) is 71.5. The molecular formula is C33H48N6O5. The van der Waals surface area contributed by atoms with Gasteiger partial charge in [-0.25, -0.2) is 4.79 Å². The molecule has 0 aromatic carbocycles. The summed E-state index contributed by atoms with van der Waals surface area (Å²) in [5.74, 6) is -1.37. The zero-order valence-electron chi connectivity index (χ0n) is 26.3. The molecule has 0 saturated carbocycles. The molecule has 11 nitrogen and oxygen atoms in total. The van der Waals surface area contributed by atoms with Crippen molar-refractivity contribution in [2.24, 2.45) is 0 Å². The molecule has 0 aromatic heterocycles. The molecule has 240 valence electrons. The van der Waals surface area contributed by atoms with Crippen molar-refractivity contribution < 1.29 is 24.0 Å². The molecule has 2 fully saturated rings. The predicted molar refractivity (Wildman–Crippen MR) is 170 cm³/mol. The van der Waals surface area contributed by atoms with Gasteiger partial charge in [-0.05, 0) is 57.1 Å². The highest BCUT2D eigenvalue weighted by molar-refractivity contribution is 5.97. The van der Waals surface area contributed by atoms with Crippen molar-refractivity contribution in [1.82, 2.24) is 30.7 Å². The molecule has 2 aliphatic heterocycles. The van der Waals surface area contributed by atoms with E-state index in [1.54, 1.807) is 6.08 Å². The van der Waals surface area contributed by atoms with Gasteiger partial charge < -0.3 is 30.7 Å². The average molecular weight is 609 g/mol. The number of urea groups is 1. The van der Waals surface area contributed by atoms with Crippen molar-refractivity contribution in [1.29, 1.82) is 0 Å². The minimum Gasteiger partial charge on any atom is -0.359 e. The van der Waals surface area contributed by atoms with Crippen LogP contribution in [-0.4, -0.2) is 95.7 Å². The standard InChI is InChI=1S/C33H48N6O5/c1-5-8-19-35-31(42)27(18-17-24(13-6-2)14-7-3)38-21-26(20-29(40)34-4)39-28(32(38)43)22-37(23-30(39)41)33(44)36-25-15-11-9-10-12-16-25/h6-7,11,13-16,26-28H,2,5,8-10,12,17-23H2,1,3-4H3,(H,34,40)(H,35,42)(H,36,44)/b14-7-,24-13+. The lowest BCUT2D eigenvalue weighted by atomic mass is 9.94. The Kier molecular flexibility index (Phi) is 13.4. The second-order valence-electron chi connectivity index (χ2n) is 11.3. The third-order valence-electron chi connectivity index (χ3n) is 8.11. The number of amides is 6. The molecule has 0 bridgehead atoms. The van der Waals surface area contributed by atoms with Gasteiger partial charge in [-0.2, -0.15) is 0 Å². The first-order chi connectivity index (χ1) is 21.2. The van der Waals surface area contributed by atoms with Crippen LogP contribution in [0.25, 0.3) is 0 Å². The molecule has 44 heavy (non-hydrogen) atoms. The van der Waals surface area contributed by atoms with Gasteiger partial charge in [-0.3, -0.25) is 19.2 Å². The average Bonchev–Trinajstić information content (AvgIpc) is 3.27. The Labute approximate surface area is 261 Å². The summed E-state index contributed by atoms with van der Waals surface area (Å²) in [5, 5.41) is 8.45. The van der Waals surface area contributed by atoms with Crippen LogP contribution in [0.1, 0.15) is 65.2 Å². The summed E-state index contributed by atoms with van der Waals surface area (Å²) in [6, 6.07) is -2.96. The largest absolute Gasteiger partial charge is 0.359 e. The minimum atomic E-state index is -1.02. The van der Waals surface area contributed by atoms with Gasteiger partial charge in [-0.1, -0.05) is 56.4 Å². The lowest BCUT2D eigenvalue weighted by Crippen LogP contribution is -2.73. The van der Waals surface area contributed by atoms with Crippen LogP contribution in [0.5, 0.6) is 0 Å². The third kappa shape index (κ3) is 9.17. The Morgan fingerprint density at radius 1 is 1.18 bits per heavy atom. The van der Waals surface area contributed by atoms with Crippen molar-refractivity contribution in [3.63, 3.8) is 0 Å². The van der Waals surface area contributed by atoms with Crippen molar-refractivity contribution in [2.75, 3.05) is 33.2 Å². The molecule has 3 atom stereocenters. The Hall–Kier alpha value is -4.15. The fourth-order valence-corrected chi connectivity index (χ4v) is 5.84. The SMILES string of the molecule is C=C/C=C(\C=C/C)CCC(C(=O)NCCCC)N1CC(CC(=O)NC)N2C(=O)CN(C(=O)NC3=CCCCC=C3)CC2C1=O. The number of hydrogen-bond acceptors (Lipinski definition) is 5. The summed E-state index contributed by atoms with van der Waals surface area (Å²) in [6.07, 6.45) is 18.4. The Morgan fingerprint density at radius 2 is 1.98 bits per heavy atom. The van der Waals surface area contributed by atoms with E-state index in [-0.39, 0.29) is 37.9 Å². The van der Waals surface area contributed by atoms with Crippen LogP contribution in [0.2, 0.25) is 0 Å². The summed E-state index contributed by atoms with van der Waals surface area (Å²) >= 11 is 0. The van der Waals surface area contributed by atoms with Gasteiger partial charge >= 0.3 is 6.03 Å². The fourth-order valence-electron chi connectivity index (χ4n) is 5.84. The lowest BCUT2D eigenvalue weighted by molar-refractivity contribution is -0.166. The maximum Gasteiger partial charge on any atom is 0.322 e. The van der Waals surface area contributed by atoms with Crippen LogP contribution in [0.4, 0.5) is 4.79 Å². The number of unbranched alkanes of at least 4 members (excludes halogenated alkanes) is 1. The van der Waals surface area contributed by atoms with E-state index in [2.05, 4.69) is 22.5 Å². The molecule has 0 radical (unpaired) electrons. The van der Waals surface area contributed by atoms with Crippen LogP contribution in [0.3, 0.4) is 0 Å². The van der Waals surface area contributed by atoms with E-state index in [0.29, 0.717) is 25.1 Å². The van der Waals surface area contributed by atoms with Gasteiger partial charge in [0.15, 0.2) is 0 Å². The van der Waals surface area contributed by atoms with Crippen LogP contribution >= 0.6 is 0 Å². The van der Waals surface area contributed by atoms with E-state index in [1.165, 1.54) is 21.7 Å². The molecule has 6 amide bonds. The van der Waals surface area contributed by atoms with Gasteiger partial charge in [0, 0.05) is 32.3 Å². The van der Waals surface area contributed by atoms with Crippen molar-refractivity contribution in [3.05, 3.63) is 60.4 Å². The topological polar surface area (TPSA) is 131 Å². The second-order valence-corrected chi connectivity index (χ2v) is 11.3. The van der Waals surface area contributed by atoms with Gasteiger partial charge in [0.25, 0.3) is 0 Å². The quantitative estimate of drug-likeness (QED) is 0.219. The molecule has 0 spiro atoms. The smallest absolute Gasteiger partial charge is 0.322 e. The van der Waals surface area contributed by atoms with Gasteiger partial charge in [0.1, 0.15) is 18.6 Å². The Balaban J connectivity index is 1.92. The zero-order valence-corrected chi connectivity index (χ0v) is 26.3. The molecule has 11 heteroatoms. The van der Waals surface area contributed by atoms with Crippen LogP contribution in [0, 0.1) is 0 Å². The van der Waals surface area contributed by atoms with Crippen molar-refractivity contribution in [2.45, 2.75) is 83.3 Å². The number of nitrogens with one attached hydrogen (secondary N) is 3. The van der Waals surface area contributed by atoms with E-state index in [4.69, 9.17) is 0 Å². The van der Waals surface area contributed by atoms with Crippen LogP contribution in [-0.2, 0) is 19.2 Å². The molecular weight excluding hydrogens is 560 g/mol. The zero-order chi connectivity index (χ0) is 32.1. The minimum absolute atomic E-state index is 0.0310. The fraction of sp³-hybridized carbons (Fsp3) is 0.545. The number of piperazine rings is 2. The van der Waals surface area contributed by atoms with Crippen LogP contribution in [0.15, 0.2) is 60.4 Å². The van der Waals surface area contributed by atoms with E-state index in [0.717, 1.165) is 37.7 Å². The summed E-state index contributed by atoms with van der Waals surface area (Å²) in [7, 11) is 1.52. The number of hydrogen-bond donors (Lipinski definition) is 3. The summed E-state index contributed by atoms with van der Waals surface area (Å²) < 4.78 is 0. The number of carbonyl (C=O) groups is 5. The normalized spacial score (nSPS) is 21.4. The molecule has 2 heterocycles. The third-order valence-corrected chi connectivity index (χ3v) is 8.11. The predicted octanol–water partition coefficient (Wildman–Crippen LogP) is 2.93. The number of rotatable bonds is 13. The first-order valence-electron chi connectivity index (χ1n) is 15.7. The first kappa shape index (κ1) is 34.3. The molecule has 3 unspecified atom stereocenters. The highest BCUT2D eigenvalue weighted by Gasteiger charge is 2.50. The van der Waals surface area contributed by atoms with Gasteiger partial charge in [0.05, 0.1) is 12.6 Å². The Morgan fingerprint density at radius 3 is 2.68 bits per heavy atom. The number of carbonyl (C=O) groups excluding carboxylic acids is 5. The maximum atomic E-state index is 14.2. The van der Waals surface area contributed by atoms with Gasteiger partial charge in [0.2, 0.25) is 23.6 Å². The van der Waals surface area contributed by atoms with Gasteiger partial charge in [-0.15, -0.1) is 0 Å². The highest BCUT2D eigenvalue weighted by atomic mass is 16.2. The number of fused-ring (bicyclic) bond motifs is 1. The molecule has 2 saturated heterocycles. The number of nitrogens with zero attached hydrogens (tertiary/aromatic N) is 3. The van der Waals surface area contributed by atoms with E-state index in [9.17, 15) is 24.0 Å². The Bertz CT molecular complexity index is 1200. The number of allylic oxidation sites excluding steroid dienone is 8. The second kappa shape index (κ2) is 17.2. The molecule has 1 aliphatic carbocycles. The lowest BCUT2D eigenvalue weighted by Gasteiger charge is -2.51. The molecule has 3 rings (SSSR count). The first-order valence-corrected chi connectivity index (χ1v) is 15.7.